The first-order valence-corrected chi connectivity index (χ1v) is 5.97. The van der Waals surface area contributed by atoms with Crippen LogP contribution in [0, 0.1) is 0 Å². The van der Waals surface area contributed by atoms with Gasteiger partial charge in [0.25, 0.3) is 0 Å². The molecule has 1 aromatic carbocycles. The van der Waals surface area contributed by atoms with Gasteiger partial charge in [0.2, 0.25) is 0 Å². The number of aliphatic hydroxyl groups is 1. The lowest BCUT2D eigenvalue weighted by atomic mass is 10.3. The highest BCUT2D eigenvalue weighted by atomic mass is 35.5. The van der Waals surface area contributed by atoms with E-state index in [4.69, 9.17) is 16.7 Å². The van der Waals surface area contributed by atoms with Crippen LogP contribution in [0.15, 0.2) is 52.5 Å². The lowest BCUT2D eigenvalue weighted by molar-refractivity contribution is 0.281. The number of aromatic nitrogens is 1. The van der Waals surface area contributed by atoms with E-state index in [0.717, 1.165) is 20.5 Å². The second-order valence-corrected chi connectivity index (χ2v) is 4.66. The zero-order chi connectivity index (χ0) is 11.4. The van der Waals surface area contributed by atoms with Gasteiger partial charge in [-0.15, -0.1) is 0 Å². The van der Waals surface area contributed by atoms with Crippen molar-refractivity contribution >= 4 is 23.4 Å². The van der Waals surface area contributed by atoms with E-state index in [9.17, 15) is 0 Å². The van der Waals surface area contributed by atoms with Gasteiger partial charge in [0.15, 0.2) is 0 Å². The minimum Gasteiger partial charge on any atom is -0.392 e. The molecular formula is C12H10ClNOS. The van der Waals surface area contributed by atoms with Crippen molar-refractivity contribution in [2.24, 2.45) is 0 Å². The molecule has 1 heterocycles. The fourth-order valence-corrected chi connectivity index (χ4v) is 2.24. The molecule has 0 amide bonds. The maximum Gasteiger partial charge on any atom is 0.101 e. The Hall–Kier alpha value is -1.03. The van der Waals surface area contributed by atoms with Crippen molar-refractivity contribution < 1.29 is 5.11 Å². The van der Waals surface area contributed by atoms with Gasteiger partial charge in [-0.05, 0) is 23.8 Å². The standard InChI is InChI=1S/C12H10ClNOS/c13-10-3-1-2-4-11(10)16-12-6-5-9(8-15)7-14-12/h1-7,15H,8H2. The summed E-state index contributed by atoms with van der Waals surface area (Å²) in [5.41, 5.74) is 0.809. The van der Waals surface area contributed by atoms with Crippen molar-refractivity contribution in [1.82, 2.24) is 4.98 Å². The minimum atomic E-state index is 0.0179. The molecule has 2 nitrogen and oxygen atoms in total. The third-order valence-electron chi connectivity index (χ3n) is 2.03. The highest BCUT2D eigenvalue weighted by Crippen LogP contribution is 2.31. The van der Waals surface area contributed by atoms with Crippen LogP contribution in [0.1, 0.15) is 5.56 Å². The molecule has 82 valence electrons. The van der Waals surface area contributed by atoms with Crippen molar-refractivity contribution in [3.8, 4) is 0 Å². The van der Waals surface area contributed by atoms with Crippen LogP contribution in [-0.4, -0.2) is 10.1 Å². The number of nitrogens with zero attached hydrogens (tertiary/aromatic N) is 1. The van der Waals surface area contributed by atoms with Crippen LogP contribution in [0.3, 0.4) is 0 Å². The minimum absolute atomic E-state index is 0.0179. The van der Waals surface area contributed by atoms with Crippen molar-refractivity contribution in [3.63, 3.8) is 0 Å². The lowest BCUT2D eigenvalue weighted by Crippen LogP contribution is -1.86. The van der Waals surface area contributed by atoms with Gasteiger partial charge in [0.05, 0.1) is 11.6 Å². The van der Waals surface area contributed by atoms with E-state index in [-0.39, 0.29) is 6.61 Å². The van der Waals surface area contributed by atoms with E-state index in [1.54, 1.807) is 6.20 Å². The van der Waals surface area contributed by atoms with E-state index in [0.29, 0.717) is 0 Å². The van der Waals surface area contributed by atoms with Gasteiger partial charge in [-0.25, -0.2) is 4.98 Å². The molecule has 0 radical (unpaired) electrons. The summed E-state index contributed by atoms with van der Waals surface area (Å²) in [5.74, 6) is 0. The quantitative estimate of drug-likeness (QED) is 0.908. The van der Waals surface area contributed by atoms with Crippen LogP contribution in [0.25, 0.3) is 0 Å². The summed E-state index contributed by atoms with van der Waals surface area (Å²) < 4.78 is 0. The van der Waals surface area contributed by atoms with Crippen molar-refractivity contribution in [2.45, 2.75) is 16.5 Å². The number of hydrogen-bond acceptors (Lipinski definition) is 3. The summed E-state index contributed by atoms with van der Waals surface area (Å²) in [6, 6.07) is 11.4. The topological polar surface area (TPSA) is 33.1 Å². The van der Waals surface area contributed by atoms with E-state index >= 15 is 0 Å². The fourth-order valence-electron chi connectivity index (χ4n) is 1.20. The Morgan fingerprint density at radius 3 is 2.62 bits per heavy atom. The van der Waals surface area contributed by atoms with Gasteiger partial charge in [0.1, 0.15) is 5.03 Å². The first-order valence-electron chi connectivity index (χ1n) is 4.78. The fraction of sp³-hybridized carbons (Fsp3) is 0.0833. The monoisotopic (exact) mass is 251 g/mol. The predicted molar refractivity (Wildman–Crippen MR) is 65.7 cm³/mol. The summed E-state index contributed by atoms with van der Waals surface area (Å²) in [6.45, 7) is 0.0179. The van der Waals surface area contributed by atoms with Gasteiger partial charge in [0, 0.05) is 11.1 Å². The van der Waals surface area contributed by atoms with Gasteiger partial charge in [-0.2, -0.15) is 0 Å². The normalized spacial score (nSPS) is 10.4. The molecule has 2 rings (SSSR count). The zero-order valence-electron chi connectivity index (χ0n) is 8.43. The molecule has 4 heteroatoms. The maximum atomic E-state index is 8.89. The lowest BCUT2D eigenvalue weighted by Gasteiger charge is -2.03. The molecule has 0 aliphatic carbocycles. The number of benzene rings is 1. The third-order valence-corrected chi connectivity index (χ3v) is 3.50. The van der Waals surface area contributed by atoms with Crippen molar-refractivity contribution in [1.29, 1.82) is 0 Å². The first kappa shape index (κ1) is 11.5. The molecule has 0 atom stereocenters. The molecular weight excluding hydrogens is 242 g/mol. The average molecular weight is 252 g/mol. The number of rotatable bonds is 3. The Morgan fingerprint density at radius 1 is 1.19 bits per heavy atom. The number of halogens is 1. The van der Waals surface area contributed by atoms with Crippen molar-refractivity contribution in [3.05, 3.63) is 53.2 Å². The molecule has 0 saturated heterocycles. The Kier molecular flexibility index (Phi) is 3.83. The van der Waals surface area contributed by atoms with Crippen molar-refractivity contribution in [2.75, 3.05) is 0 Å². The highest BCUT2D eigenvalue weighted by molar-refractivity contribution is 7.99. The van der Waals surface area contributed by atoms with Crippen LogP contribution in [0.5, 0.6) is 0 Å². The number of pyridine rings is 1. The molecule has 0 saturated carbocycles. The smallest absolute Gasteiger partial charge is 0.101 e. The Bertz CT molecular complexity index is 473. The molecule has 0 spiro atoms. The molecule has 0 aliphatic rings. The predicted octanol–water partition coefficient (Wildman–Crippen LogP) is 3.38. The van der Waals surface area contributed by atoms with E-state index in [1.807, 2.05) is 36.4 Å². The Labute approximate surface area is 103 Å². The second-order valence-electron chi connectivity index (χ2n) is 3.20. The van der Waals surface area contributed by atoms with Gasteiger partial charge in [-0.3, -0.25) is 0 Å². The summed E-state index contributed by atoms with van der Waals surface area (Å²) in [7, 11) is 0. The number of hydrogen-bond donors (Lipinski definition) is 1. The maximum absolute atomic E-state index is 8.89. The van der Waals surface area contributed by atoms with Crippen LogP contribution in [0.4, 0.5) is 0 Å². The third kappa shape index (κ3) is 2.76. The van der Waals surface area contributed by atoms with Crippen LogP contribution >= 0.6 is 23.4 Å². The Balaban J connectivity index is 2.18. The highest BCUT2D eigenvalue weighted by Gasteiger charge is 2.02. The second kappa shape index (κ2) is 5.34. The summed E-state index contributed by atoms with van der Waals surface area (Å²) in [5, 5.41) is 10.5. The van der Waals surface area contributed by atoms with Crippen LogP contribution in [-0.2, 0) is 6.61 Å². The van der Waals surface area contributed by atoms with Gasteiger partial charge < -0.3 is 5.11 Å². The van der Waals surface area contributed by atoms with Crippen LogP contribution in [0.2, 0.25) is 5.02 Å². The molecule has 2 aromatic rings. The Morgan fingerprint density at radius 2 is 2.00 bits per heavy atom. The van der Waals surface area contributed by atoms with E-state index < -0.39 is 0 Å². The van der Waals surface area contributed by atoms with Crippen LogP contribution < -0.4 is 0 Å². The van der Waals surface area contributed by atoms with Gasteiger partial charge >= 0.3 is 0 Å². The molecule has 16 heavy (non-hydrogen) atoms. The summed E-state index contributed by atoms with van der Waals surface area (Å²) in [4.78, 5) is 5.21. The van der Waals surface area contributed by atoms with E-state index in [2.05, 4.69) is 4.98 Å². The molecule has 0 aliphatic heterocycles. The molecule has 1 aromatic heterocycles. The number of aliphatic hydroxyl groups excluding tert-OH is 1. The van der Waals surface area contributed by atoms with E-state index in [1.165, 1.54) is 11.8 Å². The molecule has 0 unspecified atom stereocenters. The SMILES string of the molecule is OCc1ccc(Sc2ccccc2Cl)nc1. The summed E-state index contributed by atoms with van der Waals surface area (Å²) in [6.07, 6.45) is 1.67. The summed E-state index contributed by atoms with van der Waals surface area (Å²) >= 11 is 7.55. The average Bonchev–Trinajstić information content (AvgIpc) is 2.33. The molecule has 0 fully saturated rings. The zero-order valence-corrected chi connectivity index (χ0v) is 10.0. The molecule has 0 bridgehead atoms. The first-order chi connectivity index (χ1) is 7.79. The largest absolute Gasteiger partial charge is 0.392 e. The van der Waals surface area contributed by atoms with Gasteiger partial charge in [-0.1, -0.05) is 41.6 Å². The molecule has 1 N–H and O–H groups in total.